The lowest BCUT2D eigenvalue weighted by atomic mass is 9.75. The second kappa shape index (κ2) is 3.11. The second-order valence-electron chi connectivity index (χ2n) is 5.25. The molecule has 0 fully saturated rings. The Morgan fingerprint density at radius 1 is 1.38 bits per heavy atom. The Morgan fingerprint density at radius 3 is 2.94 bits per heavy atom. The van der Waals surface area contributed by atoms with Crippen LogP contribution in [0, 0.1) is 5.92 Å². The number of rotatable bonds is 0. The first-order chi connectivity index (χ1) is 7.60. The average Bonchev–Trinajstić information content (AvgIpc) is 2.64. The molecule has 84 valence electrons. The summed E-state index contributed by atoms with van der Waals surface area (Å²) in [5, 5.41) is 1.35. The number of hydrogen-bond acceptors (Lipinski definition) is 1. The fourth-order valence-electron chi connectivity index (χ4n) is 2.83. The molecular formula is C14H18N2. The first-order valence-corrected chi connectivity index (χ1v) is 5.99. The summed E-state index contributed by atoms with van der Waals surface area (Å²) in [5.74, 6) is 0.535. The van der Waals surface area contributed by atoms with Crippen molar-refractivity contribution < 1.29 is 0 Å². The monoisotopic (exact) mass is 214 g/mol. The highest BCUT2D eigenvalue weighted by atomic mass is 14.9. The largest absolute Gasteiger partial charge is 0.357 e. The topological polar surface area (TPSA) is 41.8 Å². The summed E-state index contributed by atoms with van der Waals surface area (Å²) in [6.45, 7) is 4.39. The van der Waals surface area contributed by atoms with E-state index in [1.54, 1.807) is 0 Å². The van der Waals surface area contributed by atoms with Gasteiger partial charge in [0.05, 0.1) is 5.54 Å². The van der Waals surface area contributed by atoms with E-state index < -0.39 is 0 Å². The summed E-state index contributed by atoms with van der Waals surface area (Å²) in [6, 6.07) is 8.50. The van der Waals surface area contributed by atoms with Gasteiger partial charge in [-0.15, -0.1) is 0 Å². The van der Waals surface area contributed by atoms with Crippen LogP contribution in [-0.2, 0) is 12.0 Å². The second-order valence-corrected chi connectivity index (χ2v) is 5.25. The third-order valence-corrected chi connectivity index (χ3v) is 4.20. The van der Waals surface area contributed by atoms with Crippen molar-refractivity contribution in [3.8, 4) is 0 Å². The van der Waals surface area contributed by atoms with Crippen LogP contribution in [0.4, 0.5) is 0 Å². The van der Waals surface area contributed by atoms with Crippen molar-refractivity contribution in [2.75, 3.05) is 0 Å². The van der Waals surface area contributed by atoms with Crippen molar-refractivity contribution in [2.45, 2.75) is 32.2 Å². The molecule has 2 heteroatoms. The molecule has 3 N–H and O–H groups in total. The lowest BCUT2D eigenvalue weighted by Gasteiger charge is -2.36. The van der Waals surface area contributed by atoms with E-state index in [1.165, 1.54) is 28.6 Å². The van der Waals surface area contributed by atoms with Gasteiger partial charge in [-0.2, -0.15) is 0 Å². The van der Waals surface area contributed by atoms with Crippen LogP contribution < -0.4 is 5.73 Å². The summed E-state index contributed by atoms with van der Waals surface area (Å²) in [6.07, 6.45) is 2.33. The van der Waals surface area contributed by atoms with Gasteiger partial charge in [0.1, 0.15) is 0 Å². The molecule has 0 saturated carbocycles. The molecule has 2 aromatic rings. The number of hydrogen-bond donors (Lipinski definition) is 2. The average molecular weight is 214 g/mol. The van der Waals surface area contributed by atoms with Crippen molar-refractivity contribution in [1.82, 2.24) is 4.98 Å². The predicted molar refractivity (Wildman–Crippen MR) is 67.3 cm³/mol. The van der Waals surface area contributed by atoms with Gasteiger partial charge in [-0.25, -0.2) is 0 Å². The van der Waals surface area contributed by atoms with Crippen LogP contribution in [0.25, 0.3) is 10.9 Å². The van der Waals surface area contributed by atoms with E-state index in [-0.39, 0.29) is 5.54 Å². The molecule has 1 aliphatic rings. The van der Waals surface area contributed by atoms with Crippen LogP contribution >= 0.6 is 0 Å². The summed E-state index contributed by atoms with van der Waals surface area (Å²) >= 11 is 0. The Kier molecular flexibility index (Phi) is 1.93. The van der Waals surface area contributed by atoms with Crippen molar-refractivity contribution in [3.63, 3.8) is 0 Å². The van der Waals surface area contributed by atoms with Gasteiger partial charge < -0.3 is 10.7 Å². The van der Waals surface area contributed by atoms with Crippen LogP contribution in [-0.4, -0.2) is 4.98 Å². The molecule has 3 rings (SSSR count). The Bertz CT molecular complexity index is 537. The first-order valence-electron chi connectivity index (χ1n) is 5.99. The Balaban J connectivity index is 2.31. The number of aryl methyl sites for hydroxylation is 1. The number of para-hydroxylation sites is 1. The number of nitrogens with one attached hydrogen (secondary N) is 1. The fraction of sp³-hybridized carbons (Fsp3) is 0.429. The van der Waals surface area contributed by atoms with E-state index in [4.69, 9.17) is 5.73 Å². The predicted octanol–water partition coefficient (Wildman–Crippen LogP) is 2.92. The summed E-state index contributed by atoms with van der Waals surface area (Å²) in [7, 11) is 0. The quantitative estimate of drug-likeness (QED) is 0.695. The summed E-state index contributed by atoms with van der Waals surface area (Å²) in [4.78, 5) is 3.51. The van der Waals surface area contributed by atoms with E-state index >= 15 is 0 Å². The molecule has 0 spiro atoms. The third kappa shape index (κ3) is 1.17. The highest BCUT2D eigenvalue weighted by Gasteiger charge is 2.36. The lowest BCUT2D eigenvalue weighted by molar-refractivity contribution is 0.280. The van der Waals surface area contributed by atoms with Gasteiger partial charge in [-0.3, -0.25) is 0 Å². The van der Waals surface area contributed by atoms with Gasteiger partial charge in [-0.1, -0.05) is 25.1 Å². The number of fused-ring (bicyclic) bond motifs is 3. The van der Waals surface area contributed by atoms with E-state index in [0.717, 1.165) is 6.42 Å². The standard InChI is InChI=1S/C14H18N2/c1-9-7-8-11-10-5-3-4-6-12(10)16-13(11)14(9,2)15/h3-6,9,16H,7-8,15H2,1-2H3. The van der Waals surface area contributed by atoms with Gasteiger partial charge in [0.15, 0.2) is 0 Å². The minimum Gasteiger partial charge on any atom is -0.357 e. The maximum Gasteiger partial charge on any atom is 0.0562 e. The van der Waals surface area contributed by atoms with Crippen LogP contribution in [0.2, 0.25) is 0 Å². The van der Waals surface area contributed by atoms with Gasteiger partial charge in [0, 0.05) is 16.6 Å². The van der Waals surface area contributed by atoms with Crippen molar-refractivity contribution >= 4 is 10.9 Å². The number of H-pyrrole nitrogens is 1. The zero-order valence-corrected chi connectivity index (χ0v) is 9.88. The maximum absolute atomic E-state index is 6.47. The molecule has 2 unspecified atom stereocenters. The van der Waals surface area contributed by atoms with Crippen LogP contribution in [0.3, 0.4) is 0 Å². The van der Waals surface area contributed by atoms with Crippen molar-refractivity contribution in [2.24, 2.45) is 11.7 Å². The van der Waals surface area contributed by atoms with E-state index in [2.05, 4.69) is 43.1 Å². The molecule has 16 heavy (non-hydrogen) atoms. The van der Waals surface area contributed by atoms with Crippen molar-refractivity contribution in [3.05, 3.63) is 35.5 Å². The van der Waals surface area contributed by atoms with Gasteiger partial charge in [-0.05, 0) is 37.3 Å². The number of aromatic nitrogens is 1. The zero-order valence-electron chi connectivity index (χ0n) is 9.88. The zero-order chi connectivity index (χ0) is 11.3. The third-order valence-electron chi connectivity index (χ3n) is 4.20. The normalized spacial score (nSPS) is 29.3. The first kappa shape index (κ1) is 9.91. The van der Waals surface area contributed by atoms with Crippen molar-refractivity contribution in [1.29, 1.82) is 0 Å². The molecule has 0 saturated heterocycles. The molecule has 2 nitrogen and oxygen atoms in total. The molecule has 0 radical (unpaired) electrons. The molecule has 0 aliphatic heterocycles. The SMILES string of the molecule is CC1CCc2c([nH]c3ccccc23)C1(C)N. The number of benzene rings is 1. The van der Waals surface area contributed by atoms with Crippen LogP contribution in [0.5, 0.6) is 0 Å². The van der Waals surface area contributed by atoms with Gasteiger partial charge in [0.2, 0.25) is 0 Å². The Morgan fingerprint density at radius 2 is 2.12 bits per heavy atom. The number of aromatic amines is 1. The van der Waals surface area contributed by atoms with E-state index in [1.807, 2.05) is 0 Å². The van der Waals surface area contributed by atoms with Crippen LogP contribution in [0.1, 0.15) is 31.5 Å². The molecule has 1 aromatic heterocycles. The van der Waals surface area contributed by atoms with E-state index in [9.17, 15) is 0 Å². The van der Waals surface area contributed by atoms with Crippen LogP contribution in [0.15, 0.2) is 24.3 Å². The minimum atomic E-state index is -0.216. The molecule has 1 aliphatic carbocycles. The van der Waals surface area contributed by atoms with Gasteiger partial charge in [0.25, 0.3) is 0 Å². The Labute approximate surface area is 95.8 Å². The summed E-state index contributed by atoms with van der Waals surface area (Å²) in [5.41, 5.74) is 10.1. The maximum atomic E-state index is 6.47. The van der Waals surface area contributed by atoms with Gasteiger partial charge >= 0.3 is 0 Å². The lowest BCUT2D eigenvalue weighted by Crippen LogP contribution is -2.43. The fourth-order valence-corrected chi connectivity index (χ4v) is 2.83. The smallest absolute Gasteiger partial charge is 0.0562 e. The minimum absolute atomic E-state index is 0.216. The summed E-state index contributed by atoms with van der Waals surface area (Å²) < 4.78 is 0. The highest BCUT2D eigenvalue weighted by molar-refractivity contribution is 5.85. The molecule has 0 amide bonds. The molecule has 1 heterocycles. The highest BCUT2D eigenvalue weighted by Crippen LogP contribution is 2.40. The number of nitrogens with two attached hydrogens (primary N) is 1. The van der Waals surface area contributed by atoms with E-state index in [0.29, 0.717) is 5.92 Å². The molecule has 1 aromatic carbocycles. The molecule has 0 bridgehead atoms. The molecule has 2 atom stereocenters. The molecular weight excluding hydrogens is 196 g/mol. The Hall–Kier alpha value is -1.28.